The van der Waals surface area contributed by atoms with Gasteiger partial charge in [0.1, 0.15) is 0 Å². The summed E-state index contributed by atoms with van der Waals surface area (Å²) in [6.45, 7) is 8.29. The maximum Gasteiger partial charge on any atom is 0.188 e. The molecular weight excluding hydrogens is 230 g/mol. The van der Waals surface area contributed by atoms with Gasteiger partial charge in [-0.2, -0.15) is 0 Å². The van der Waals surface area contributed by atoms with Crippen LogP contribution in [-0.4, -0.2) is 45.5 Å². The first-order chi connectivity index (χ1) is 8.83. The van der Waals surface area contributed by atoms with Gasteiger partial charge in [-0.25, -0.2) is 0 Å². The molecule has 0 aromatic carbocycles. The van der Waals surface area contributed by atoms with E-state index in [0.717, 1.165) is 45.7 Å². The second-order valence-corrected chi connectivity index (χ2v) is 4.42. The molecule has 1 heterocycles. The minimum atomic E-state index is 0.472. The molecule has 1 aliphatic heterocycles. The zero-order chi connectivity index (χ0) is 13.1. The largest absolute Gasteiger partial charge is 0.381 e. The first kappa shape index (κ1) is 15.0. The van der Waals surface area contributed by atoms with E-state index in [4.69, 9.17) is 15.2 Å². The van der Waals surface area contributed by atoms with Crippen molar-refractivity contribution >= 4 is 5.96 Å². The third-order valence-corrected chi connectivity index (χ3v) is 2.85. The lowest BCUT2D eigenvalue weighted by molar-refractivity contribution is 0.0205. The van der Waals surface area contributed by atoms with Gasteiger partial charge >= 0.3 is 0 Å². The van der Waals surface area contributed by atoms with Crippen LogP contribution in [0.3, 0.4) is 0 Å². The third-order valence-electron chi connectivity index (χ3n) is 2.85. The lowest BCUT2D eigenvalue weighted by Gasteiger charge is -2.21. The van der Waals surface area contributed by atoms with E-state index in [9.17, 15) is 0 Å². The second kappa shape index (κ2) is 9.91. The highest BCUT2D eigenvalue weighted by Crippen LogP contribution is 2.14. The molecule has 1 rings (SSSR count). The molecule has 0 aliphatic carbocycles. The van der Waals surface area contributed by atoms with Crippen LogP contribution in [-0.2, 0) is 9.47 Å². The minimum Gasteiger partial charge on any atom is -0.381 e. The molecule has 5 heteroatoms. The predicted molar refractivity (Wildman–Crippen MR) is 73.7 cm³/mol. The quantitative estimate of drug-likeness (QED) is 0.293. The number of hydrogen-bond acceptors (Lipinski definition) is 3. The molecule has 0 aromatic heterocycles. The van der Waals surface area contributed by atoms with Crippen molar-refractivity contribution in [2.45, 2.75) is 19.3 Å². The van der Waals surface area contributed by atoms with Crippen molar-refractivity contribution in [2.75, 3.05) is 39.5 Å². The van der Waals surface area contributed by atoms with Gasteiger partial charge in [0, 0.05) is 39.5 Å². The molecule has 104 valence electrons. The van der Waals surface area contributed by atoms with E-state index in [-0.39, 0.29) is 0 Å². The third kappa shape index (κ3) is 7.29. The van der Waals surface area contributed by atoms with E-state index in [1.165, 1.54) is 0 Å². The normalized spacial score (nSPS) is 17.7. The fourth-order valence-electron chi connectivity index (χ4n) is 1.76. The van der Waals surface area contributed by atoms with E-state index in [1.54, 1.807) is 6.08 Å². The highest BCUT2D eigenvalue weighted by molar-refractivity contribution is 5.77. The average molecular weight is 255 g/mol. The van der Waals surface area contributed by atoms with Gasteiger partial charge in [-0.1, -0.05) is 6.08 Å². The molecule has 0 amide bonds. The van der Waals surface area contributed by atoms with Gasteiger partial charge in [0.15, 0.2) is 5.96 Å². The Morgan fingerprint density at radius 3 is 3.00 bits per heavy atom. The fourth-order valence-corrected chi connectivity index (χ4v) is 1.76. The maximum atomic E-state index is 5.63. The van der Waals surface area contributed by atoms with Gasteiger partial charge in [0.05, 0.1) is 0 Å². The second-order valence-electron chi connectivity index (χ2n) is 4.42. The smallest absolute Gasteiger partial charge is 0.188 e. The predicted octanol–water partition coefficient (Wildman–Crippen LogP) is 0.910. The first-order valence-corrected chi connectivity index (χ1v) is 6.63. The van der Waals surface area contributed by atoms with Crippen LogP contribution in [0.5, 0.6) is 0 Å². The molecule has 1 saturated heterocycles. The molecule has 0 radical (unpaired) electrons. The lowest BCUT2D eigenvalue weighted by Crippen LogP contribution is -2.31. The fraction of sp³-hybridized carbons (Fsp3) is 0.769. The Hall–Kier alpha value is -1.07. The summed E-state index contributed by atoms with van der Waals surface area (Å²) >= 11 is 0. The number of nitrogens with two attached hydrogens (primary N) is 1. The van der Waals surface area contributed by atoms with Crippen LogP contribution >= 0.6 is 0 Å². The van der Waals surface area contributed by atoms with Crippen LogP contribution < -0.4 is 11.1 Å². The molecule has 0 saturated carbocycles. The van der Waals surface area contributed by atoms with Crippen LogP contribution in [0.15, 0.2) is 17.6 Å². The highest BCUT2D eigenvalue weighted by atomic mass is 16.5. The number of aliphatic imine (C=N–C) groups is 1. The number of nitrogens with one attached hydrogen (secondary N) is 1. The zero-order valence-corrected chi connectivity index (χ0v) is 11.1. The summed E-state index contributed by atoms with van der Waals surface area (Å²) in [5.74, 6) is 1.14. The molecule has 0 aromatic rings. The van der Waals surface area contributed by atoms with Gasteiger partial charge in [-0.05, 0) is 25.2 Å². The Morgan fingerprint density at radius 2 is 2.28 bits per heavy atom. The summed E-state index contributed by atoms with van der Waals surface area (Å²) in [5, 5.41) is 2.93. The number of nitrogens with zero attached hydrogens (tertiary/aromatic N) is 1. The van der Waals surface area contributed by atoms with Gasteiger partial charge < -0.3 is 20.5 Å². The lowest BCUT2D eigenvalue weighted by atomic mass is 10.0. The Balaban J connectivity index is 1.92. The van der Waals surface area contributed by atoms with Crippen molar-refractivity contribution < 1.29 is 9.47 Å². The molecule has 0 atom stereocenters. The monoisotopic (exact) mass is 255 g/mol. The van der Waals surface area contributed by atoms with E-state index >= 15 is 0 Å². The van der Waals surface area contributed by atoms with Crippen molar-refractivity contribution in [3.05, 3.63) is 12.7 Å². The van der Waals surface area contributed by atoms with Crippen LogP contribution in [0.1, 0.15) is 19.3 Å². The summed E-state index contributed by atoms with van der Waals surface area (Å²) in [5.41, 5.74) is 5.63. The van der Waals surface area contributed by atoms with Gasteiger partial charge in [0.2, 0.25) is 0 Å². The number of ether oxygens (including phenoxy) is 2. The van der Waals surface area contributed by atoms with Crippen molar-refractivity contribution in [1.82, 2.24) is 5.32 Å². The first-order valence-electron chi connectivity index (χ1n) is 6.63. The standard InChI is InChI=1S/C13H25N3O2/c1-2-6-15-13(14)16-7-3-8-18-11-12-4-9-17-10-5-12/h2,12H,1,3-11H2,(H3,14,15,16). The molecule has 18 heavy (non-hydrogen) atoms. The Kier molecular flexibility index (Phi) is 8.25. The highest BCUT2D eigenvalue weighted by Gasteiger charge is 2.13. The van der Waals surface area contributed by atoms with Crippen molar-refractivity contribution in [2.24, 2.45) is 16.6 Å². The van der Waals surface area contributed by atoms with E-state index in [0.29, 0.717) is 25.0 Å². The number of hydrogen-bond donors (Lipinski definition) is 2. The van der Waals surface area contributed by atoms with Crippen LogP contribution in [0.4, 0.5) is 0 Å². The van der Waals surface area contributed by atoms with Crippen LogP contribution in [0, 0.1) is 5.92 Å². The summed E-state index contributed by atoms with van der Waals surface area (Å²) < 4.78 is 10.9. The zero-order valence-electron chi connectivity index (χ0n) is 11.1. The summed E-state index contributed by atoms with van der Waals surface area (Å²) in [6, 6.07) is 0. The number of rotatable bonds is 8. The van der Waals surface area contributed by atoms with Crippen molar-refractivity contribution in [1.29, 1.82) is 0 Å². The molecule has 5 nitrogen and oxygen atoms in total. The molecule has 1 aliphatic rings. The van der Waals surface area contributed by atoms with Gasteiger partial charge in [-0.15, -0.1) is 6.58 Å². The van der Waals surface area contributed by atoms with Crippen LogP contribution in [0.2, 0.25) is 0 Å². The van der Waals surface area contributed by atoms with Gasteiger partial charge in [0.25, 0.3) is 0 Å². The van der Waals surface area contributed by atoms with Gasteiger partial charge in [-0.3, -0.25) is 4.99 Å². The summed E-state index contributed by atoms with van der Waals surface area (Å²) in [7, 11) is 0. The molecule has 0 spiro atoms. The van der Waals surface area contributed by atoms with Crippen LogP contribution in [0.25, 0.3) is 0 Å². The molecule has 0 bridgehead atoms. The number of guanidine groups is 1. The minimum absolute atomic E-state index is 0.472. The Morgan fingerprint density at radius 1 is 1.50 bits per heavy atom. The van der Waals surface area contributed by atoms with E-state index in [1.807, 2.05) is 0 Å². The van der Waals surface area contributed by atoms with Crippen molar-refractivity contribution in [3.8, 4) is 0 Å². The SMILES string of the molecule is C=CCNC(N)=NCCCOCC1CCOCC1. The van der Waals surface area contributed by atoms with E-state index < -0.39 is 0 Å². The Labute approximate surface area is 109 Å². The average Bonchev–Trinajstić information content (AvgIpc) is 2.41. The summed E-state index contributed by atoms with van der Waals surface area (Å²) in [6.07, 6.45) is 4.90. The molecule has 3 N–H and O–H groups in total. The van der Waals surface area contributed by atoms with E-state index in [2.05, 4.69) is 16.9 Å². The summed E-state index contributed by atoms with van der Waals surface area (Å²) in [4.78, 5) is 4.18. The molecule has 0 unspecified atom stereocenters. The topological polar surface area (TPSA) is 68.9 Å². The molecule has 1 fully saturated rings. The maximum absolute atomic E-state index is 5.63. The molecular formula is C13H25N3O2. The van der Waals surface area contributed by atoms with Crippen molar-refractivity contribution in [3.63, 3.8) is 0 Å². The Bertz CT molecular complexity index is 251.